The largest absolute Gasteiger partial charge is 0.492 e. The molecule has 2 heterocycles. The molecule has 2 aliphatic rings. The number of benzene rings is 2. The SMILES string of the molecule is Cc1cc(C)c2c(c1)C1(COc3ccccc3C1)CO2. The fourth-order valence-electron chi connectivity index (χ4n) is 3.52. The average molecular weight is 266 g/mol. The maximum Gasteiger partial charge on any atom is 0.126 e. The lowest BCUT2D eigenvalue weighted by atomic mass is 9.75. The number of aryl methyl sites for hydroxylation is 2. The summed E-state index contributed by atoms with van der Waals surface area (Å²) in [5.41, 5.74) is 5.13. The fraction of sp³-hybridized carbons (Fsp3) is 0.333. The molecular weight excluding hydrogens is 248 g/mol. The van der Waals surface area contributed by atoms with E-state index in [0.29, 0.717) is 6.61 Å². The Balaban J connectivity index is 1.83. The first-order valence-corrected chi connectivity index (χ1v) is 7.13. The Kier molecular flexibility index (Phi) is 2.38. The van der Waals surface area contributed by atoms with Crippen molar-refractivity contribution in [2.75, 3.05) is 13.2 Å². The minimum absolute atomic E-state index is 0.0134. The summed E-state index contributed by atoms with van der Waals surface area (Å²) in [6.45, 7) is 5.71. The summed E-state index contributed by atoms with van der Waals surface area (Å²) in [6, 6.07) is 12.8. The van der Waals surface area contributed by atoms with Crippen LogP contribution in [0.25, 0.3) is 0 Å². The molecule has 2 aromatic rings. The summed E-state index contributed by atoms with van der Waals surface area (Å²) in [7, 11) is 0. The van der Waals surface area contributed by atoms with E-state index in [2.05, 4.69) is 44.2 Å². The number of hydrogen-bond acceptors (Lipinski definition) is 2. The Morgan fingerprint density at radius 2 is 1.80 bits per heavy atom. The van der Waals surface area contributed by atoms with Crippen molar-refractivity contribution in [1.82, 2.24) is 0 Å². The smallest absolute Gasteiger partial charge is 0.126 e. The van der Waals surface area contributed by atoms with Crippen LogP contribution >= 0.6 is 0 Å². The van der Waals surface area contributed by atoms with Crippen molar-refractivity contribution in [2.45, 2.75) is 25.7 Å². The van der Waals surface area contributed by atoms with Crippen LogP contribution < -0.4 is 9.47 Å². The summed E-state index contributed by atoms with van der Waals surface area (Å²) in [6.07, 6.45) is 0.999. The first kappa shape index (κ1) is 11.8. The van der Waals surface area contributed by atoms with Gasteiger partial charge in [-0.25, -0.2) is 0 Å². The van der Waals surface area contributed by atoms with E-state index in [4.69, 9.17) is 9.47 Å². The maximum absolute atomic E-state index is 6.02. The van der Waals surface area contributed by atoms with Gasteiger partial charge in [-0.3, -0.25) is 0 Å². The molecule has 4 rings (SSSR count). The van der Waals surface area contributed by atoms with E-state index in [-0.39, 0.29) is 5.41 Å². The molecule has 20 heavy (non-hydrogen) atoms. The van der Waals surface area contributed by atoms with Crippen molar-refractivity contribution in [3.8, 4) is 11.5 Å². The second kappa shape index (κ2) is 4.02. The monoisotopic (exact) mass is 266 g/mol. The second-order valence-electron chi connectivity index (χ2n) is 6.10. The van der Waals surface area contributed by atoms with Gasteiger partial charge in [-0.05, 0) is 37.5 Å². The van der Waals surface area contributed by atoms with Crippen molar-refractivity contribution >= 4 is 0 Å². The van der Waals surface area contributed by atoms with Gasteiger partial charge in [-0.2, -0.15) is 0 Å². The van der Waals surface area contributed by atoms with Crippen LogP contribution in [0.5, 0.6) is 11.5 Å². The Hall–Kier alpha value is -1.96. The van der Waals surface area contributed by atoms with E-state index < -0.39 is 0 Å². The average Bonchev–Trinajstić information content (AvgIpc) is 2.78. The van der Waals surface area contributed by atoms with Gasteiger partial charge in [0.15, 0.2) is 0 Å². The summed E-state index contributed by atoms with van der Waals surface area (Å²) in [5.74, 6) is 2.09. The maximum atomic E-state index is 6.02. The van der Waals surface area contributed by atoms with Crippen molar-refractivity contribution < 1.29 is 9.47 Å². The molecule has 2 aliphatic heterocycles. The van der Waals surface area contributed by atoms with E-state index in [0.717, 1.165) is 24.5 Å². The van der Waals surface area contributed by atoms with Crippen LogP contribution in [0.2, 0.25) is 0 Å². The second-order valence-corrected chi connectivity index (χ2v) is 6.10. The number of rotatable bonds is 0. The molecule has 2 heteroatoms. The van der Waals surface area contributed by atoms with Gasteiger partial charge in [0.05, 0.1) is 5.41 Å². The molecule has 1 atom stereocenters. The zero-order valence-corrected chi connectivity index (χ0v) is 11.9. The summed E-state index contributed by atoms with van der Waals surface area (Å²) in [4.78, 5) is 0. The lowest BCUT2D eigenvalue weighted by molar-refractivity contribution is 0.153. The van der Waals surface area contributed by atoms with Crippen LogP contribution in [0.3, 0.4) is 0 Å². The third-order valence-corrected chi connectivity index (χ3v) is 4.49. The minimum Gasteiger partial charge on any atom is -0.492 e. The molecule has 0 aromatic heterocycles. The summed E-state index contributed by atoms with van der Waals surface area (Å²) < 4.78 is 12.0. The molecule has 0 amide bonds. The van der Waals surface area contributed by atoms with Crippen LogP contribution in [0.1, 0.15) is 22.3 Å². The topological polar surface area (TPSA) is 18.5 Å². The van der Waals surface area contributed by atoms with Gasteiger partial charge in [-0.1, -0.05) is 35.9 Å². The van der Waals surface area contributed by atoms with Crippen molar-refractivity contribution in [1.29, 1.82) is 0 Å². The van der Waals surface area contributed by atoms with Gasteiger partial charge in [0.1, 0.15) is 24.7 Å². The molecular formula is C18H18O2. The molecule has 2 nitrogen and oxygen atoms in total. The van der Waals surface area contributed by atoms with E-state index in [1.807, 2.05) is 6.07 Å². The number of para-hydroxylation sites is 1. The molecule has 0 N–H and O–H groups in total. The lowest BCUT2D eigenvalue weighted by Gasteiger charge is -2.33. The zero-order chi connectivity index (χ0) is 13.7. The van der Waals surface area contributed by atoms with Gasteiger partial charge >= 0.3 is 0 Å². The quantitative estimate of drug-likeness (QED) is 0.725. The first-order valence-electron chi connectivity index (χ1n) is 7.13. The molecule has 0 saturated carbocycles. The fourth-order valence-corrected chi connectivity index (χ4v) is 3.52. The van der Waals surface area contributed by atoms with Crippen molar-refractivity contribution in [3.63, 3.8) is 0 Å². The predicted molar refractivity (Wildman–Crippen MR) is 78.7 cm³/mol. The van der Waals surface area contributed by atoms with Gasteiger partial charge in [0, 0.05) is 5.56 Å². The third-order valence-electron chi connectivity index (χ3n) is 4.49. The normalized spacial score (nSPS) is 22.9. The first-order chi connectivity index (χ1) is 9.68. The molecule has 0 aliphatic carbocycles. The Labute approximate surface area is 119 Å². The highest BCUT2D eigenvalue weighted by Crippen LogP contribution is 2.46. The van der Waals surface area contributed by atoms with Crippen molar-refractivity contribution in [3.05, 3.63) is 58.7 Å². The van der Waals surface area contributed by atoms with Gasteiger partial charge in [0.2, 0.25) is 0 Å². The number of fused-ring (bicyclic) bond motifs is 3. The Bertz CT molecular complexity index is 690. The molecule has 1 unspecified atom stereocenters. The lowest BCUT2D eigenvalue weighted by Crippen LogP contribution is -2.40. The van der Waals surface area contributed by atoms with E-state index >= 15 is 0 Å². The van der Waals surface area contributed by atoms with E-state index in [1.165, 1.54) is 22.3 Å². The van der Waals surface area contributed by atoms with Crippen LogP contribution in [-0.4, -0.2) is 13.2 Å². The van der Waals surface area contributed by atoms with E-state index in [1.54, 1.807) is 0 Å². The zero-order valence-electron chi connectivity index (χ0n) is 11.9. The molecule has 0 radical (unpaired) electrons. The summed E-state index contributed by atoms with van der Waals surface area (Å²) in [5, 5.41) is 0. The van der Waals surface area contributed by atoms with Crippen LogP contribution in [0.15, 0.2) is 36.4 Å². The highest BCUT2D eigenvalue weighted by Gasteiger charge is 2.45. The molecule has 102 valence electrons. The standard InChI is InChI=1S/C18H18O2/c1-12-7-13(2)17-15(8-12)18(11-20-17)9-14-5-3-4-6-16(14)19-10-18/h3-8H,9-11H2,1-2H3. The minimum atomic E-state index is -0.0134. The predicted octanol–water partition coefficient (Wildman–Crippen LogP) is 3.57. The van der Waals surface area contributed by atoms with Gasteiger partial charge in [-0.15, -0.1) is 0 Å². The van der Waals surface area contributed by atoms with E-state index in [9.17, 15) is 0 Å². The molecule has 0 bridgehead atoms. The van der Waals surface area contributed by atoms with Crippen LogP contribution in [0, 0.1) is 13.8 Å². The Morgan fingerprint density at radius 3 is 2.70 bits per heavy atom. The number of hydrogen-bond donors (Lipinski definition) is 0. The van der Waals surface area contributed by atoms with Crippen LogP contribution in [0.4, 0.5) is 0 Å². The highest BCUT2D eigenvalue weighted by atomic mass is 16.5. The van der Waals surface area contributed by atoms with Gasteiger partial charge in [0.25, 0.3) is 0 Å². The summed E-state index contributed by atoms with van der Waals surface area (Å²) >= 11 is 0. The molecule has 0 saturated heterocycles. The van der Waals surface area contributed by atoms with Gasteiger partial charge < -0.3 is 9.47 Å². The van der Waals surface area contributed by atoms with Crippen molar-refractivity contribution in [2.24, 2.45) is 0 Å². The highest BCUT2D eigenvalue weighted by molar-refractivity contribution is 5.53. The molecule has 2 aromatic carbocycles. The third kappa shape index (κ3) is 1.57. The molecule has 0 fully saturated rings. The molecule has 1 spiro atoms. The Morgan fingerprint density at radius 1 is 1.00 bits per heavy atom. The van der Waals surface area contributed by atoms with Crippen LogP contribution in [-0.2, 0) is 11.8 Å². The number of ether oxygens (including phenoxy) is 2.